The van der Waals surface area contributed by atoms with Gasteiger partial charge in [-0.25, -0.2) is 19.0 Å². The van der Waals surface area contributed by atoms with Crippen LogP contribution in [0.5, 0.6) is 0 Å². The standard InChI is InChI=1S/C19H18FN7/c1-14-23-18(12-19(24-14)27-6-2-5-22-27)26-9-7-25(8-10-26)16-4-3-15(13-21)17(20)11-16/h2-6,11-12H,7-10H2,1H3. The van der Waals surface area contributed by atoms with Crippen molar-refractivity contribution in [2.45, 2.75) is 6.92 Å². The van der Waals surface area contributed by atoms with Gasteiger partial charge in [-0.2, -0.15) is 10.4 Å². The summed E-state index contributed by atoms with van der Waals surface area (Å²) >= 11 is 0. The molecule has 1 aromatic carbocycles. The molecular weight excluding hydrogens is 345 g/mol. The molecule has 1 fully saturated rings. The fraction of sp³-hybridized carbons (Fsp3) is 0.263. The van der Waals surface area contributed by atoms with E-state index in [1.165, 1.54) is 12.1 Å². The first-order valence-corrected chi connectivity index (χ1v) is 8.69. The maximum atomic E-state index is 13.9. The van der Waals surface area contributed by atoms with Gasteiger partial charge in [-0.3, -0.25) is 0 Å². The Bertz CT molecular complexity index is 986. The third-order valence-electron chi connectivity index (χ3n) is 4.59. The molecule has 0 bridgehead atoms. The summed E-state index contributed by atoms with van der Waals surface area (Å²) in [5.41, 5.74) is 0.863. The average Bonchev–Trinajstić information content (AvgIpc) is 3.22. The summed E-state index contributed by atoms with van der Waals surface area (Å²) in [6.07, 6.45) is 3.57. The number of piperazine rings is 1. The Morgan fingerprint density at radius 1 is 1.04 bits per heavy atom. The van der Waals surface area contributed by atoms with Gasteiger partial charge in [0.25, 0.3) is 0 Å². The lowest BCUT2D eigenvalue weighted by molar-refractivity contribution is 0.616. The Kier molecular flexibility index (Phi) is 4.42. The van der Waals surface area contributed by atoms with E-state index >= 15 is 0 Å². The van der Waals surface area contributed by atoms with Crippen LogP contribution >= 0.6 is 0 Å². The van der Waals surface area contributed by atoms with E-state index < -0.39 is 5.82 Å². The molecule has 136 valence electrons. The van der Waals surface area contributed by atoms with E-state index in [9.17, 15) is 4.39 Å². The second-order valence-corrected chi connectivity index (χ2v) is 6.33. The highest BCUT2D eigenvalue weighted by molar-refractivity contribution is 5.53. The Labute approximate surface area is 156 Å². The van der Waals surface area contributed by atoms with Gasteiger partial charge in [-0.05, 0) is 31.2 Å². The Balaban J connectivity index is 1.50. The number of benzene rings is 1. The van der Waals surface area contributed by atoms with Crippen LogP contribution in [0, 0.1) is 24.1 Å². The molecule has 8 heteroatoms. The zero-order valence-electron chi connectivity index (χ0n) is 14.9. The van der Waals surface area contributed by atoms with Crippen LogP contribution in [0.1, 0.15) is 11.4 Å². The highest BCUT2D eigenvalue weighted by atomic mass is 19.1. The number of halogens is 1. The van der Waals surface area contributed by atoms with Crippen molar-refractivity contribution in [3.05, 3.63) is 59.9 Å². The summed E-state index contributed by atoms with van der Waals surface area (Å²) in [6, 6.07) is 10.4. The lowest BCUT2D eigenvalue weighted by Gasteiger charge is -2.36. The van der Waals surface area contributed by atoms with Crippen LogP contribution in [0.2, 0.25) is 0 Å². The second kappa shape index (κ2) is 7.03. The van der Waals surface area contributed by atoms with Crippen LogP contribution < -0.4 is 9.80 Å². The number of hydrogen-bond acceptors (Lipinski definition) is 6. The third kappa shape index (κ3) is 3.44. The molecule has 0 N–H and O–H groups in total. The molecule has 1 aliphatic rings. The Morgan fingerprint density at radius 3 is 2.44 bits per heavy atom. The van der Waals surface area contributed by atoms with E-state index in [2.05, 4.69) is 24.9 Å². The van der Waals surface area contributed by atoms with Crippen LogP contribution in [0.3, 0.4) is 0 Å². The summed E-state index contributed by atoms with van der Waals surface area (Å²) in [4.78, 5) is 13.3. The first-order valence-electron chi connectivity index (χ1n) is 8.69. The molecular formula is C19H18FN7. The zero-order valence-corrected chi connectivity index (χ0v) is 14.9. The van der Waals surface area contributed by atoms with Crippen molar-refractivity contribution in [3.8, 4) is 11.9 Å². The summed E-state index contributed by atoms with van der Waals surface area (Å²) in [7, 11) is 0. The number of aryl methyl sites for hydroxylation is 1. The molecule has 7 nitrogen and oxygen atoms in total. The van der Waals surface area contributed by atoms with Crippen molar-refractivity contribution >= 4 is 11.5 Å². The van der Waals surface area contributed by atoms with Gasteiger partial charge in [-0.1, -0.05) is 0 Å². The largest absolute Gasteiger partial charge is 0.368 e. The maximum Gasteiger partial charge on any atom is 0.159 e. The molecule has 3 aromatic rings. The molecule has 1 aliphatic heterocycles. The summed E-state index contributed by atoms with van der Waals surface area (Å²) in [5, 5.41) is 13.1. The normalized spacial score (nSPS) is 14.3. The van der Waals surface area contributed by atoms with Crippen molar-refractivity contribution < 1.29 is 4.39 Å². The molecule has 0 radical (unpaired) electrons. The maximum absolute atomic E-state index is 13.9. The van der Waals surface area contributed by atoms with E-state index in [0.29, 0.717) is 5.82 Å². The number of aromatic nitrogens is 4. The molecule has 3 heterocycles. The molecule has 0 spiro atoms. The van der Waals surface area contributed by atoms with Gasteiger partial charge in [0.1, 0.15) is 23.5 Å². The topological polar surface area (TPSA) is 73.9 Å². The van der Waals surface area contributed by atoms with Gasteiger partial charge >= 0.3 is 0 Å². The minimum atomic E-state index is -0.479. The van der Waals surface area contributed by atoms with Gasteiger partial charge in [0.2, 0.25) is 0 Å². The second-order valence-electron chi connectivity index (χ2n) is 6.33. The number of nitrogens with zero attached hydrogens (tertiary/aromatic N) is 7. The average molecular weight is 363 g/mol. The van der Waals surface area contributed by atoms with E-state index in [1.807, 2.05) is 31.3 Å². The molecule has 0 saturated carbocycles. The van der Waals surface area contributed by atoms with Crippen LogP contribution in [0.4, 0.5) is 15.9 Å². The number of nitriles is 1. The molecule has 0 amide bonds. The van der Waals surface area contributed by atoms with Crippen molar-refractivity contribution in [2.24, 2.45) is 0 Å². The van der Waals surface area contributed by atoms with Crippen molar-refractivity contribution in [2.75, 3.05) is 36.0 Å². The van der Waals surface area contributed by atoms with Gasteiger partial charge in [-0.15, -0.1) is 0 Å². The fourth-order valence-electron chi connectivity index (χ4n) is 3.21. The van der Waals surface area contributed by atoms with Crippen LogP contribution in [-0.2, 0) is 0 Å². The molecule has 0 unspecified atom stereocenters. The van der Waals surface area contributed by atoms with Gasteiger partial charge in [0.15, 0.2) is 5.82 Å². The smallest absolute Gasteiger partial charge is 0.159 e. The van der Waals surface area contributed by atoms with Crippen molar-refractivity contribution in [1.29, 1.82) is 5.26 Å². The van der Waals surface area contributed by atoms with E-state index in [4.69, 9.17) is 5.26 Å². The first-order chi connectivity index (χ1) is 13.1. The van der Waals surface area contributed by atoms with Gasteiger partial charge < -0.3 is 9.80 Å². The number of rotatable bonds is 3. The van der Waals surface area contributed by atoms with Crippen LogP contribution in [0.15, 0.2) is 42.7 Å². The number of hydrogen-bond donors (Lipinski definition) is 0. The molecule has 0 aliphatic carbocycles. The number of anilines is 2. The molecule has 4 rings (SSSR count). The quantitative estimate of drug-likeness (QED) is 0.711. The SMILES string of the molecule is Cc1nc(N2CCN(c3ccc(C#N)c(F)c3)CC2)cc(-n2cccn2)n1. The Hall–Kier alpha value is -3.47. The van der Waals surface area contributed by atoms with E-state index in [0.717, 1.165) is 43.5 Å². The monoisotopic (exact) mass is 363 g/mol. The van der Waals surface area contributed by atoms with Gasteiger partial charge in [0, 0.05) is 50.3 Å². The summed E-state index contributed by atoms with van der Waals surface area (Å²) < 4.78 is 15.6. The van der Waals surface area contributed by atoms with Crippen molar-refractivity contribution in [3.63, 3.8) is 0 Å². The van der Waals surface area contributed by atoms with Crippen molar-refractivity contribution in [1.82, 2.24) is 19.7 Å². The van der Waals surface area contributed by atoms with E-state index in [-0.39, 0.29) is 5.56 Å². The minimum Gasteiger partial charge on any atom is -0.368 e. The van der Waals surface area contributed by atoms with E-state index in [1.54, 1.807) is 16.9 Å². The fourth-order valence-corrected chi connectivity index (χ4v) is 3.21. The lowest BCUT2D eigenvalue weighted by Crippen LogP contribution is -2.47. The molecule has 2 aromatic heterocycles. The summed E-state index contributed by atoms with van der Waals surface area (Å²) in [5.74, 6) is 1.81. The zero-order chi connectivity index (χ0) is 18.8. The lowest BCUT2D eigenvalue weighted by atomic mass is 10.2. The predicted octanol–water partition coefficient (Wildman–Crippen LogP) is 2.31. The predicted molar refractivity (Wildman–Crippen MR) is 99.4 cm³/mol. The third-order valence-corrected chi connectivity index (χ3v) is 4.59. The van der Waals surface area contributed by atoms with Gasteiger partial charge in [0.05, 0.1) is 5.56 Å². The van der Waals surface area contributed by atoms with Crippen LogP contribution in [0.25, 0.3) is 5.82 Å². The highest BCUT2D eigenvalue weighted by Gasteiger charge is 2.20. The minimum absolute atomic E-state index is 0.0694. The van der Waals surface area contributed by atoms with Crippen LogP contribution in [-0.4, -0.2) is 45.9 Å². The molecule has 1 saturated heterocycles. The molecule has 0 atom stereocenters. The highest BCUT2D eigenvalue weighted by Crippen LogP contribution is 2.22. The Morgan fingerprint density at radius 2 is 1.78 bits per heavy atom. The summed E-state index contributed by atoms with van der Waals surface area (Å²) in [6.45, 7) is 4.87. The molecule has 27 heavy (non-hydrogen) atoms. The first kappa shape index (κ1) is 17.0.